The number of methoxy groups -OCH3 is 2. The Balaban J connectivity index is 2.69. The Morgan fingerprint density at radius 3 is 2.72 bits per heavy atom. The minimum Gasteiger partial charge on any atom is -0.465 e. The highest BCUT2D eigenvalue weighted by molar-refractivity contribution is 5.90. The summed E-state index contributed by atoms with van der Waals surface area (Å²) >= 11 is 0. The molecule has 0 amide bonds. The number of rotatable bonds is 7. The van der Waals surface area contributed by atoms with Crippen LogP contribution in [0.3, 0.4) is 0 Å². The van der Waals surface area contributed by atoms with Gasteiger partial charge in [0.05, 0.1) is 31.9 Å². The third-order valence-electron chi connectivity index (χ3n) is 2.59. The zero-order valence-electron chi connectivity index (χ0n) is 10.7. The van der Waals surface area contributed by atoms with E-state index >= 15 is 0 Å². The van der Waals surface area contributed by atoms with Crippen molar-refractivity contribution in [1.29, 1.82) is 0 Å². The summed E-state index contributed by atoms with van der Waals surface area (Å²) in [6.45, 7) is 0.866. The maximum Gasteiger partial charge on any atom is 0.338 e. The molecule has 0 aliphatic carbocycles. The minimum atomic E-state index is -0.361. The van der Waals surface area contributed by atoms with Gasteiger partial charge in [-0.1, -0.05) is 18.2 Å². The molecule has 0 heterocycles. The van der Waals surface area contributed by atoms with Gasteiger partial charge in [-0.05, 0) is 11.6 Å². The lowest BCUT2D eigenvalue weighted by molar-refractivity contribution is 0.0599. The molecule has 0 bridgehead atoms. The molecule has 0 spiro atoms. The van der Waals surface area contributed by atoms with Crippen LogP contribution in [-0.4, -0.2) is 44.6 Å². The lowest BCUT2D eigenvalue weighted by atomic mass is 10.1. The molecule has 1 aromatic carbocycles. The van der Waals surface area contributed by atoms with E-state index < -0.39 is 0 Å². The standard InChI is InChI=1S/C13H19NO4/c1-17-9-11(8-15)14-7-10-5-3-4-6-12(10)13(16)18-2/h3-6,11,14-15H,7-9H2,1-2H3. The van der Waals surface area contributed by atoms with Crippen LogP contribution in [0.25, 0.3) is 0 Å². The predicted molar refractivity (Wildman–Crippen MR) is 67.4 cm³/mol. The Morgan fingerprint density at radius 2 is 2.11 bits per heavy atom. The number of hydrogen-bond donors (Lipinski definition) is 2. The molecule has 1 unspecified atom stereocenters. The van der Waals surface area contributed by atoms with Crippen LogP contribution in [0, 0.1) is 0 Å². The SMILES string of the molecule is COCC(CO)NCc1ccccc1C(=O)OC. The van der Waals surface area contributed by atoms with Gasteiger partial charge in [-0.25, -0.2) is 4.79 Å². The summed E-state index contributed by atoms with van der Waals surface area (Å²) in [6.07, 6.45) is 0. The quantitative estimate of drug-likeness (QED) is 0.695. The molecule has 0 saturated heterocycles. The van der Waals surface area contributed by atoms with Crippen molar-refractivity contribution in [1.82, 2.24) is 5.32 Å². The van der Waals surface area contributed by atoms with E-state index in [-0.39, 0.29) is 18.6 Å². The highest BCUT2D eigenvalue weighted by Gasteiger charge is 2.12. The van der Waals surface area contributed by atoms with Gasteiger partial charge >= 0.3 is 5.97 Å². The average Bonchev–Trinajstić information content (AvgIpc) is 2.43. The Morgan fingerprint density at radius 1 is 1.39 bits per heavy atom. The molecule has 18 heavy (non-hydrogen) atoms. The normalized spacial score (nSPS) is 12.2. The summed E-state index contributed by atoms with van der Waals surface area (Å²) < 4.78 is 9.68. The van der Waals surface area contributed by atoms with E-state index in [2.05, 4.69) is 5.32 Å². The molecule has 0 aliphatic heterocycles. The van der Waals surface area contributed by atoms with Crippen molar-refractivity contribution in [3.05, 3.63) is 35.4 Å². The molecule has 0 saturated carbocycles. The molecular formula is C13H19NO4. The molecule has 0 fully saturated rings. The third-order valence-corrected chi connectivity index (χ3v) is 2.59. The summed E-state index contributed by atoms with van der Waals surface area (Å²) in [4.78, 5) is 11.6. The number of aliphatic hydroxyl groups is 1. The Bertz CT molecular complexity index is 381. The fraction of sp³-hybridized carbons (Fsp3) is 0.462. The fourth-order valence-electron chi connectivity index (χ4n) is 1.62. The summed E-state index contributed by atoms with van der Waals surface area (Å²) in [7, 11) is 2.93. The second-order valence-corrected chi connectivity index (χ2v) is 3.86. The number of carbonyl (C=O) groups is 1. The molecule has 1 atom stereocenters. The van der Waals surface area contributed by atoms with E-state index in [9.17, 15) is 4.79 Å². The van der Waals surface area contributed by atoms with Crippen LogP contribution >= 0.6 is 0 Å². The summed E-state index contributed by atoms with van der Waals surface area (Å²) in [5.41, 5.74) is 1.36. The lowest BCUT2D eigenvalue weighted by Crippen LogP contribution is -2.36. The molecule has 5 nitrogen and oxygen atoms in total. The average molecular weight is 253 g/mol. The highest BCUT2D eigenvalue weighted by atomic mass is 16.5. The second kappa shape index (κ2) is 7.81. The number of hydrogen-bond acceptors (Lipinski definition) is 5. The van der Waals surface area contributed by atoms with Crippen molar-refractivity contribution < 1.29 is 19.4 Å². The van der Waals surface area contributed by atoms with Crippen LogP contribution in [0.2, 0.25) is 0 Å². The first-order valence-corrected chi connectivity index (χ1v) is 5.72. The number of esters is 1. The van der Waals surface area contributed by atoms with Crippen molar-refractivity contribution >= 4 is 5.97 Å². The molecule has 0 aromatic heterocycles. The van der Waals surface area contributed by atoms with Crippen LogP contribution < -0.4 is 5.32 Å². The molecular weight excluding hydrogens is 234 g/mol. The number of nitrogens with one attached hydrogen (secondary N) is 1. The van der Waals surface area contributed by atoms with Crippen molar-refractivity contribution in [2.24, 2.45) is 0 Å². The predicted octanol–water partition coefficient (Wildman–Crippen LogP) is 0.570. The maximum absolute atomic E-state index is 11.6. The second-order valence-electron chi connectivity index (χ2n) is 3.86. The number of benzene rings is 1. The summed E-state index contributed by atoms with van der Waals surface area (Å²) in [6, 6.07) is 7.05. The monoisotopic (exact) mass is 253 g/mol. The summed E-state index contributed by atoms with van der Waals surface area (Å²) in [5.74, 6) is -0.361. The lowest BCUT2D eigenvalue weighted by Gasteiger charge is -2.16. The van der Waals surface area contributed by atoms with E-state index in [1.165, 1.54) is 7.11 Å². The summed E-state index contributed by atoms with van der Waals surface area (Å²) in [5, 5.41) is 12.2. The van der Waals surface area contributed by atoms with Gasteiger partial charge < -0.3 is 19.9 Å². The first-order chi connectivity index (χ1) is 8.72. The van der Waals surface area contributed by atoms with E-state index in [0.29, 0.717) is 18.7 Å². The van der Waals surface area contributed by atoms with Gasteiger partial charge in [-0.15, -0.1) is 0 Å². The minimum absolute atomic E-state index is 0.0196. The van der Waals surface area contributed by atoms with Crippen LogP contribution in [-0.2, 0) is 16.0 Å². The van der Waals surface area contributed by atoms with Gasteiger partial charge in [0, 0.05) is 13.7 Å². The molecule has 1 rings (SSSR count). The number of carbonyl (C=O) groups excluding carboxylic acids is 1. The maximum atomic E-state index is 11.6. The molecule has 1 aromatic rings. The van der Waals surface area contributed by atoms with Gasteiger partial charge in [-0.3, -0.25) is 0 Å². The van der Waals surface area contributed by atoms with Gasteiger partial charge in [0.2, 0.25) is 0 Å². The molecule has 5 heteroatoms. The number of ether oxygens (including phenoxy) is 2. The van der Waals surface area contributed by atoms with Crippen molar-refractivity contribution in [3.63, 3.8) is 0 Å². The van der Waals surface area contributed by atoms with Gasteiger partial charge in [0.15, 0.2) is 0 Å². The number of aliphatic hydroxyl groups excluding tert-OH is 1. The van der Waals surface area contributed by atoms with Gasteiger partial charge in [-0.2, -0.15) is 0 Å². The van der Waals surface area contributed by atoms with E-state index in [0.717, 1.165) is 5.56 Å². The van der Waals surface area contributed by atoms with E-state index in [4.69, 9.17) is 14.6 Å². The molecule has 0 radical (unpaired) electrons. The van der Waals surface area contributed by atoms with Crippen molar-refractivity contribution in [2.75, 3.05) is 27.4 Å². The smallest absolute Gasteiger partial charge is 0.338 e. The van der Waals surface area contributed by atoms with Crippen molar-refractivity contribution in [2.45, 2.75) is 12.6 Å². The van der Waals surface area contributed by atoms with E-state index in [1.807, 2.05) is 12.1 Å². The zero-order chi connectivity index (χ0) is 13.4. The Kier molecular flexibility index (Phi) is 6.35. The largest absolute Gasteiger partial charge is 0.465 e. The first kappa shape index (κ1) is 14.6. The topological polar surface area (TPSA) is 67.8 Å². The third kappa shape index (κ3) is 4.10. The molecule has 100 valence electrons. The molecule has 0 aliphatic rings. The zero-order valence-corrected chi connectivity index (χ0v) is 10.7. The van der Waals surface area contributed by atoms with E-state index in [1.54, 1.807) is 19.2 Å². The van der Waals surface area contributed by atoms with Crippen molar-refractivity contribution in [3.8, 4) is 0 Å². The van der Waals surface area contributed by atoms with Gasteiger partial charge in [0.1, 0.15) is 0 Å². The fourth-order valence-corrected chi connectivity index (χ4v) is 1.62. The Hall–Kier alpha value is -1.43. The van der Waals surface area contributed by atoms with Crippen LogP contribution in [0.15, 0.2) is 24.3 Å². The van der Waals surface area contributed by atoms with Gasteiger partial charge in [0.25, 0.3) is 0 Å². The first-order valence-electron chi connectivity index (χ1n) is 5.72. The van der Waals surface area contributed by atoms with Crippen LogP contribution in [0.1, 0.15) is 15.9 Å². The Labute approximate surface area is 107 Å². The van der Waals surface area contributed by atoms with Crippen LogP contribution in [0.4, 0.5) is 0 Å². The van der Waals surface area contributed by atoms with Crippen LogP contribution in [0.5, 0.6) is 0 Å². The highest BCUT2D eigenvalue weighted by Crippen LogP contribution is 2.10. The molecule has 2 N–H and O–H groups in total.